The van der Waals surface area contributed by atoms with Gasteiger partial charge in [-0.25, -0.2) is 4.98 Å². The van der Waals surface area contributed by atoms with Crippen LogP contribution in [0.15, 0.2) is 12.1 Å². The van der Waals surface area contributed by atoms with Gasteiger partial charge in [0.25, 0.3) is 5.91 Å². The second-order valence-electron chi connectivity index (χ2n) is 3.76. The molecule has 1 fully saturated rings. The predicted octanol–water partition coefficient (Wildman–Crippen LogP) is 0.100. The fourth-order valence-corrected chi connectivity index (χ4v) is 1.45. The highest BCUT2D eigenvalue weighted by Gasteiger charge is 2.19. The van der Waals surface area contributed by atoms with Crippen LogP contribution in [0.4, 0.5) is 0 Å². The van der Waals surface area contributed by atoms with Crippen LogP contribution in [0.5, 0.6) is 5.75 Å². The summed E-state index contributed by atoms with van der Waals surface area (Å²) in [6.07, 6.45) is 0.228. The maximum absolute atomic E-state index is 11.3. The van der Waals surface area contributed by atoms with Crippen LogP contribution in [0.25, 0.3) is 0 Å². The first-order valence-electron chi connectivity index (χ1n) is 5.28. The molecule has 0 bridgehead atoms. The number of nitrogens with one attached hydrogen (secondary N) is 2. The normalized spacial score (nSPS) is 15.4. The van der Waals surface area contributed by atoms with Crippen molar-refractivity contribution >= 4 is 5.91 Å². The van der Waals surface area contributed by atoms with E-state index in [4.69, 9.17) is 4.74 Å². The Morgan fingerprint density at radius 2 is 2.31 bits per heavy atom. The molecule has 0 atom stereocenters. The molecule has 1 aromatic heterocycles. The molecule has 1 aliphatic heterocycles. The predicted molar refractivity (Wildman–Crippen MR) is 59.6 cm³/mol. The number of aryl methyl sites for hydroxylation is 1. The summed E-state index contributed by atoms with van der Waals surface area (Å²) in [5, 5.41) is 5.67. The molecule has 16 heavy (non-hydrogen) atoms. The molecule has 0 saturated carbocycles. The van der Waals surface area contributed by atoms with E-state index >= 15 is 0 Å². The van der Waals surface area contributed by atoms with Gasteiger partial charge in [-0.3, -0.25) is 4.79 Å². The molecule has 2 N–H and O–H groups in total. The monoisotopic (exact) mass is 221 g/mol. The van der Waals surface area contributed by atoms with Crippen LogP contribution in [-0.2, 0) is 0 Å². The summed E-state index contributed by atoms with van der Waals surface area (Å²) in [5.74, 6) is 0.569. The summed E-state index contributed by atoms with van der Waals surface area (Å²) in [7, 11) is 1.59. The number of rotatable bonds is 3. The Balaban J connectivity index is 2.12. The van der Waals surface area contributed by atoms with Gasteiger partial charge in [-0.05, 0) is 19.1 Å². The number of aromatic nitrogens is 1. The van der Waals surface area contributed by atoms with Crippen molar-refractivity contribution in [3.05, 3.63) is 23.5 Å². The largest absolute Gasteiger partial charge is 0.486 e. The topological polar surface area (TPSA) is 63.2 Å². The van der Waals surface area contributed by atoms with Crippen molar-refractivity contribution in [3.63, 3.8) is 0 Å². The molecular weight excluding hydrogens is 206 g/mol. The maximum Gasteiger partial charge on any atom is 0.269 e. The Morgan fingerprint density at radius 1 is 1.56 bits per heavy atom. The molecule has 2 heterocycles. The van der Waals surface area contributed by atoms with E-state index in [1.54, 1.807) is 19.2 Å². The number of hydrogen-bond acceptors (Lipinski definition) is 4. The molecule has 0 aromatic carbocycles. The summed E-state index contributed by atoms with van der Waals surface area (Å²) in [6, 6.07) is 3.47. The van der Waals surface area contributed by atoms with E-state index in [-0.39, 0.29) is 12.0 Å². The molecule has 5 heteroatoms. The zero-order valence-electron chi connectivity index (χ0n) is 9.41. The smallest absolute Gasteiger partial charge is 0.269 e. The Labute approximate surface area is 94.2 Å². The van der Waals surface area contributed by atoms with Gasteiger partial charge in [0.2, 0.25) is 0 Å². The molecule has 5 nitrogen and oxygen atoms in total. The van der Waals surface area contributed by atoms with Gasteiger partial charge in [-0.15, -0.1) is 0 Å². The Kier molecular flexibility index (Phi) is 3.05. The highest BCUT2D eigenvalue weighted by atomic mass is 16.5. The first-order chi connectivity index (χ1) is 7.70. The van der Waals surface area contributed by atoms with E-state index in [0.717, 1.165) is 24.5 Å². The van der Waals surface area contributed by atoms with Crippen LogP contribution in [0, 0.1) is 6.92 Å². The lowest BCUT2D eigenvalue weighted by molar-refractivity contribution is 0.0957. The lowest BCUT2D eigenvalue weighted by Gasteiger charge is -2.28. The summed E-state index contributed by atoms with van der Waals surface area (Å²) in [6.45, 7) is 3.58. The van der Waals surface area contributed by atoms with Crippen molar-refractivity contribution < 1.29 is 9.53 Å². The number of amides is 1. The first-order valence-corrected chi connectivity index (χ1v) is 5.28. The number of carbonyl (C=O) groups excluding carboxylic acids is 1. The third kappa shape index (κ3) is 2.14. The summed E-state index contributed by atoms with van der Waals surface area (Å²) in [4.78, 5) is 15.5. The number of nitrogens with zero attached hydrogens (tertiary/aromatic N) is 1. The van der Waals surface area contributed by atoms with Gasteiger partial charge in [-0.1, -0.05) is 0 Å². The number of carbonyl (C=O) groups is 1. The van der Waals surface area contributed by atoms with Crippen LogP contribution >= 0.6 is 0 Å². The van der Waals surface area contributed by atoms with E-state index in [0.29, 0.717) is 5.69 Å². The number of ether oxygens (including phenoxy) is 1. The van der Waals surface area contributed by atoms with Gasteiger partial charge in [0, 0.05) is 20.1 Å². The Bertz CT molecular complexity index is 402. The molecule has 2 rings (SSSR count). The van der Waals surface area contributed by atoms with Crippen molar-refractivity contribution in [3.8, 4) is 5.75 Å². The van der Waals surface area contributed by atoms with E-state index in [2.05, 4.69) is 15.6 Å². The van der Waals surface area contributed by atoms with Crippen LogP contribution in [-0.4, -0.2) is 37.1 Å². The number of hydrogen-bond donors (Lipinski definition) is 2. The van der Waals surface area contributed by atoms with E-state index < -0.39 is 0 Å². The fraction of sp³-hybridized carbons (Fsp3) is 0.455. The van der Waals surface area contributed by atoms with Gasteiger partial charge in [0.15, 0.2) is 0 Å². The van der Waals surface area contributed by atoms with Crippen molar-refractivity contribution in [2.45, 2.75) is 13.0 Å². The second-order valence-corrected chi connectivity index (χ2v) is 3.76. The minimum Gasteiger partial charge on any atom is -0.486 e. The average molecular weight is 221 g/mol. The molecule has 0 unspecified atom stereocenters. The van der Waals surface area contributed by atoms with Crippen molar-refractivity contribution in [1.82, 2.24) is 15.6 Å². The SMILES string of the molecule is CNC(=O)c1ccc(OC2CNC2)c(C)n1. The zero-order valence-corrected chi connectivity index (χ0v) is 9.41. The molecule has 1 aromatic rings. The third-order valence-electron chi connectivity index (χ3n) is 2.53. The molecule has 0 spiro atoms. The van der Waals surface area contributed by atoms with Crippen molar-refractivity contribution in [2.75, 3.05) is 20.1 Å². The molecule has 0 radical (unpaired) electrons. The molecule has 0 aliphatic carbocycles. The summed E-state index contributed by atoms with van der Waals surface area (Å²) >= 11 is 0. The quantitative estimate of drug-likeness (QED) is 0.760. The lowest BCUT2D eigenvalue weighted by atomic mass is 10.2. The summed E-state index contributed by atoms with van der Waals surface area (Å²) in [5.41, 5.74) is 1.16. The van der Waals surface area contributed by atoms with Gasteiger partial charge in [0.05, 0.1) is 5.69 Å². The molecule has 86 valence electrons. The third-order valence-corrected chi connectivity index (χ3v) is 2.53. The first kappa shape index (κ1) is 10.9. The average Bonchev–Trinajstić information content (AvgIpc) is 2.23. The van der Waals surface area contributed by atoms with Crippen LogP contribution in [0.1, 0.15) is 16.2 Å². The van der Waals surface area contributed by atoms with Gasteiger partial charge in [-0.2, -0.15) is 0 Å². The van der Waals surface area contributed by atoms with Crippen molar-refractivity contribution in [1.29, 1.82) is 0 Å². The minimum atomic E-state index is -0.181. The van der Waals surface area contributed by atoms with Gasteiger partial charge >= 0.3 is 0 Å². The van der Waals surface area contributed by atoms with E-state index in [1.807, 2.05) is 6.92 Å². The molecule has 1 amide bonds. The fourth-order valence-electron chi connectivity index (χ4n) is 1.45. The zero-order chi connectivity index (χ0) is 11.5. The Hall–Kier alpha value is -1.62. The Morgan fingerprint density at radius 3 is 2.81 bits per heavy atom. The molecular formula is C11H15N3O2. The van der Waals surface area contributed by atoms with Crippen molar-refractivity contribution in [2.24, 2.45) is 0 Å². The van der Waals surface area contributed by atoms with E-state index in [9.17, 15) is 4.79 Å². The van der Waals surface area contributed by atoms with Crippen LogP contribution in [0.3, 0.4) is 0 Å². The standard InChI is InChI=1S/C11H15N3O2/c1-7-10(16-8-5-13-6-8)4-3-9(14-7)11(15)12-2/h3-4,8,13H,5-6H2,1-2H3,(H,12,15). The molecule has 1 aliphatic rings. The highest BCUT2D eigenvalue weighted by Crippen LogP contribution is 2.18. The highest BCUT2D eigenvalue weighted by molar-refractivity contribution is 5.92. The van der Waals surface area contributed by atoms with Gasteiger partial charge < -0.3 is 15.4 Å². The molecule has 1 saturated heterocycles. The van der Waals surface area contributed by atoms with Crippen LogP contribution < -0.4 is 15.4 Å². The van der Waals surface area contributed by atoms with E-state index in [1.165, 1.54) is 0 Å². The maximum atomic E-state index is 11.3. The minimum absolute atomic E-state index is 0.181. The van der Waals surface area contributed by atoms with Crippen LogP contribution in [0.2, 0.25) is 0 Å². The number of pyridine rings is 1. The second kappa shape index (κ2) is 4.49. The summed E-state index contributed by atoms with van der Waals surface area (Å²) < 4.78 is 5.69. The lowest BCUT2D eigenvalue weighted by Crippen LogP contribution is -2.50. The van der Waals surface area contributed by atoms with Gasteiger partial charge in [0.1, 0.15) is 17.5 Å².